The van der Waals surface area contributed by atoms with Gasteiger partial charge in [0.2, 0.25) is 11.8 Å². The monoisotopic (exact) mass is 368 g/mol. The average molecular weight is 368 g/mol. The Kier molecular flexibility index (Phi) is 5.34. The molecule has 0 bridgehead atoms. The molecule has 2 rings (SSSR count). The number of para-hydroxylation sites is 2. The number of benzene rings is 2. The van der Waals surface area contributed by atoms with Gasteiger partial charge in [0.25, 0.3) is 0 Å². The number of amides is 2. The molecule has 2 aromatic rings. The molecule has 2 amide bonds. The van der Waals surface area contributed by atoms with E-state index < -0.39 is 40.5 Å². The molecule has 0 saturated carbocycles. The maximum absolute atomic E-state index is 13.6. The van der Waals surface area contributed by atoms with Crippen molar-refractivity contribution >= 4 is 23.2 Å². The minimum Gasteiger partial charge on any atom is -0.325 e. The van der Waals surface area contributed by atoms with Gasteiger partial charge in [-0.2, -0.15) is 13.2 Å². The maximum Gasteiger partial charge on any atom is 0.418 e. The largest absolute Gasteiger partial charge is 0.418 e. The van der Waals surface area contributed by atoms with E-state index in [9.17, 15) is 27.2 Å². The van der Waals surface area contributed by atoms with E-state index in [-0.39, 0.29) is 5.69 Å². The molecule has 0 aliphatic heterocycles. The molecular formula is C18H16F4N2O2. The Morgan fingerprint density at radius 2 is 1.27 bits per heavy atom. The second-order valence-electron chi connectivity index (χ2n) is 6.06. The van der Waals surface area contributed by atoms with E-state index in [1.165, 1.54) is 44.2 Å². The quantitative estimate of drug-likeness (QED) is 0.619. The average Bonchev–Trinajstić information content (AvgIpc) is 2.56. The molecular weight excluding hydrogens is 352 g/mol. The van der Waals surface area contributed by atoms with E-state index in [0.29, 0.717) is 0 Å². The molecule has 26 heavy (non-hydrogen) atoms. The van der Waals surface area contributed by atoms with E-state index in [4.69, 9.17) is 0 Å². The topological polar surface area (TPSA) is 58.2 Å². The van der Waals surface area contributed by atoms with Crippen molar-refractivity contribution in [2.45, 2.75) is 20.0 Å². The third-order valence-electron chi connectivity index (χ3n) is 3.74. The lowest BCUT2D eigenvalue weighted by Gasteiger charge is -2.24. The second kappa shape index (κ2) is 7.15. The number of halogens is 4. The van der Waals surface area contributed by atoms with E-state index in [0.717, 1.165) is 18.2 Å². The Hall–Kier alpha value is -2.90. The number of carbonyl (C=O) groups is 2. The van der Waals surface area contributed by atoms with Gasteiger partial charge in [-0.3, -0.25) is 9.59 Å². The summed E-state index contributed by atoms with van der Waals surface area (Å²) in [5.74, 6) is -2.51. The summed E-state index contributed by atoms with van der Waals surface area (Å²) in [6.45, 7) is 2.46. The summed E-state index contributed by atoms with van der Waals surface area (Å²) in [5, 5.41) is 4.39. The van der Waals surface area contributed by atoms with Crippen LogP contribution in [0.1, 0.15) is 19.4 Å². The Morgan fingerprint density at radius 1 is 0.808 bits per heavy atom. The molecule has 0 atom stereocenters. The van der Waals surface area contributed by atoms with Crippen LogP contribution in [0.4, 0.5) is 28.9 Å². The fourth-order valence-electron chi connectivity index (χ4n) is 2.06. The predicted octanol–water partition coefficient (Wildman–Crippen LogP) is 4.45. The number of alkyl halides is 3. The Balaban J connectivity index is 2.21. The summed E-state index contributed by atoms with van der Waals surface area (Å²) in [6, 6.07) is 9.78. The molecule has 0 aliphatic carbocycles. The van der Waals surface area contributed by atoms with Gasteiger partial charge < -0.3 is 10.6 Å². The number of hydrogen-bond acceptors (Lipinski definition) is 2. The predicted molar refractivity (Wildman–Crippen MR) is 88.9 cm³/mol. The minimum atomic E-state index is -4.66. The van der Waals surface area contributed by atoms with Crippen LogP contribution in [0.3, 0.4) is 0 Å². The zero-order valence-electron chi connectivity index (χ0n) is 13.9. The van der Waals surface area contributed by atoms with Gasteiger partial charge in [0.05, 0.1) is 16.9 Å². The van der Waals surface area contributed by atoms with Crippen molar-refractivity contribution < 1.29 is 27.2 Å². The van der Waals surface area contributed by atoms with Gasteiger partial charge in [-0.05, 0) is 38.1 Å². The van der Waals surface area contributed by atoms with Gasteiger partial charge in [-0.15, -0.1) is 0 Å². The van der Waals surface area contributed by atoms with Crippen LogP contribution >= 0.6 is 0 Å². The highest BCUT2D eigenvalue weighted by molar-refractivity contribution is 6.14. The van der Waals surface area contributed by atoms with Gasteiger partial charge in [0.15, 0.2) is 0 Å². The summed E-state index contributed by atoms with van der Waals surface area (Å²) < 4.78 is 52.7. The second-order valence-corrected chi connectivity index (χ2v) is 6.06. The van der Waals surface area contributed by atoms with Gasteiger partial charge in [0.1, 0.15) is 11.2 Å². The van der Waals surface area contributed by atoms with Crippen LogP contribution in [0, 0.1) is 11.2 Å². The number of hydrogen-bond donors (Lipinski definition) is 2. The smallest absolute Gasteiger partial charge is 0.325 e. The molecule has 2 aromatic carbocycles. The molecule has 0 saturated heterocycles. The fourth-order valence-corrected chi connectivity index (χ4v) is 2.06. The first kappa shape index (κ1) is 19.4. The minimum absolute atomic E-state index is 0.130. The molecule has 0 aromatic heterocycles. The highest BCUT2D eigenvalue weighted by atomic mass is 19.4. The lowest BCUT2D eigenvalue weighted by molar-refractivity contribution is -0.137. The fraction of sp³-hybridized carbons (Fsp3) is 0.222. The molecule has 4 nitrogen and oxygen atoms in total. The molecule has 0 heterocycles. The molecule has 0 radical (unpaired) electrons. The van der Waals surface area contributed by atoms with Crippen molar-refractivity contribution in [2.24, 2.45) is 5.41 Å². The van der Waals surface area contributed by atoms with E-state index in [1.54, 1.807) is 0 Å². The zero-order valence-corrected chi connectivity index (χ0v) is 13.9. The standard InChI is InChI=1S/C18H16F4N2O2/c1-17(2,16(26)24-14-10-6-4-8-12(14)19)15(25)23-13-9-5-3-7-11(13)18(20,21)22/h3-10H,1-2H3,(H,23,25)(H,24,26). The van der Waals surface area contributed by atoms with E-state index >= 15 is 0 Å². The van der Waals surface area contributed by atoms with Crippen LogP contribution in [0.2, 0.25) is 0 Å². The summed E-state index contributed by atoms with van der Waals surface area (Å²) in [5.41, 5.74) is -3.37. The number of anilines is 2. The van der Waals surface area contributed by atoms with Crippen LogP contribution < -0.4 is 10.6 Å². The first-order valence-electron chi connectivity index (χ1n) is 7.57. The van der Waals surface area contributed by atoms with Crippen LogP contribution in [-0.2, 0) is 15.8 Å². The summed E-state index contributed by atoms with van der Waals surface area (Å²) >= 11 is 0. The first-order valence-corrected chi connectivity index (χ1v) is 7.57. The van der Waals surface area contributed by atoms with E-state index in [1.807, 2.05) is 0 Å². The van der Waals surface area contributed by atoms with Crippen molar-refractivity contribution in [3.63, 3.8) is 0 Å². The summed E-state index contributed by atoms with van der Waals surface area (Å²) in [6.07, 6.45) is -4.66. The third-order valence-corrected chi connectivity index (χ3v) is 3.74. The van der Waals surface area contributed by atoms with E-state index in [2.05, 4.69) is 10.6 Å². The van der Waals surface area contributed by atoms with Crippen LogP contribution in [-0.4, -0.2) is 11.8 Å². The molecule has 0 fully saturated rings. The van der Waals surface area contributed by atoms with Crippen molar-refractivity contribution in [3.05, 3.63) is 59.9 Å². The normalized spacial score (nSPS) is 11.8. The third kappa shape index (κ3) is 4.19. The van der Waals surface area contributed by atoms with Crippen molar-refractivity contribution in [1.29, 1.82) is 0 Å². The maximum atomic E-state index is 13.6. The number of carbonyl (C=O) groups excluding carboxylic acids is 2. The first-order chi connectivity index (χ1) is 12.0. The van der Waals surface area contributed by atoms with Crippen LogP contribution in [0.15, 0.2) is 48.5 Å². The SMILES string of the molecule is CC(C)(C(=O)Nc1ccccc1F)C(=O)Nc1ccccc1C(F)(F)F. The highest BCUT2D eigenvalue weighted by Gasteiger charge is 2.39. The molecule has 138 valence electrons. The molecule has 0 aliphatic rings. The molecule has 0 unspecified atom stereocenters. The van der Waals surface area contributed by atoms with Gasteiger partial charge in [-0.25, -0.2) is 4.39 Å². The lowest BCUT2D eigenvalue weighted by atomic mass is 9.90. The molecule has 2 N–H and O–H groups in total. The number of rotatable bonds is 4. The van der Waals surface area contributed by atoms with Gasteiger partial charge >= 0.3 is 6.18 Å². The van der Waals surface area contributed by atoms with Crippen molar-refractivity contribution in [3.8, 4) is 0 Å². The zero-order chi connectivity index (χ0) is 19.5. The highest BCUT2D eigenvalue weighted by Crippen LogP contribution is 2.35. The Bertz CT molecular complexity index is 832. The van der Waals surface area contributed by atoms with Crippen LogP contribution in [0.25, 0.3) is 0 Å². The molecule has 0 spiro atoms. The van der Waals surface area contributed by atoms with Crippen molar-refractivity contribution in [2.75, 3.05) is 10.6 Å². The number of nitrogens with one attached hydrogen (secondary N) is 2. The lowest BCUT2D eigenvalue weighted by Crippen LogP contribution is -2.42. The Labute approximate surface area is 147 Å². The molecule has 8 heteroatoms. The Morgan fingerprint density at radius 3 is 1.81 bits per heavy atom. The van der Waals surface area contributed by atoms with Crippen LogP contribution in [0.5, 0.6) is 0 Å². The van der Waals surface area contributed by atoms with Gasteiger partial charge in [0, 0.05) is 0 Å². The summed E-state index contributed by atoms with van der Waals surface area (Å²) in [7, 11) is 0. The summed E-state index contributed by atoms with van der Waals surface area (Å²) in [4.78, 5) is 24.7. The van der Waals surface area contributed by atoms with Crippen molar-refractivity contribution in [1.82, 2.24) is 0 Å². The van der Waals surface area contributed by atoms with Gasteiger partial charge in [-0.1, -0.05) is 24.3 Å².